The maximum Gasteiger partial charge on any atom is 0.407 e. The second kappa shape index (κ2) is 7.62. The molecule has 1 aromatic heterocycles. The zero-order valence-corrected chi connectivity index (χ0v) is 13.2. The van der Waals surface area contributed by atoms with Gasteiger partial charge in [-0.15, -0.1) is 5.10 Å². The Morgan fingerprint density at radius 2 is 2.04 bits per heavy atom. The first-order chi connectivity index (χ1) is 11.4. The van der Waals surface area contributed by atoms with Crippen molar-refractivity contribution >= 4 is 18.2 Å². The molecule has 132 valence electrons. The largest absolute Gasteiger partial charge is 0.465 e. The van der Waals surface area contributed by atoms with Crippen LogP contribution in [0.2, 0.25) is 0 Å². The van der Waals surface area contributed by atoms with Gasteiger partial charge in [0.25, 0.3) is 0 Å². The van der Waals surface area contributed by atoms with Crippen molar-refractivity contribution in [2.45, 2.75) is 25.9 Å². The number of carboxylic acid groups (broad SMARTS) is 2. The molecular weight excluding hydrogens is 322 g/mol. The summed E-state index contributed by atoms with van der Waals surface area (Å²) >= 11 is 0. The molecule has 24 heavy (non-hydrogen) atoms. The lowest BCUT2D eigenvalue weighted by Crippen LogP contribution is -2.56. The molecular formula is C13H19N5O6. The molecule has 0 aliphatic carbocycles. The van der Waals surface area contributed by atoms with Gasteiger partial charge in [-0.1, -0.05) is 5.21 Å². The number of esters is 1. The van der Waals surface area contributed by atoms with Crippen molar-refractivity contribution in [3.63, 3.8) is 0 Å². The van der Waals surface area contributed by atoms with Crippen LogP contribution in [0.3, 0.4) is 0 Å². The highest BCUT2D eigenvalue weighted by Gasteiger charge is 2.32. The fraction of sp³-hybridized carbons (Fsp3) is 0.615. The third kappa shape index (κ3) is 4.12. The molecule has 1 aromatic rings. The van der Waals surface area contributed by atoms with Crippen LogP contribution in [0.25, 0.3) is 0 Å². The van der Waals surface area contributed by atoms with Gasteiger partial charge in [0.05, 0.1) is 18.8 Å². The van der Waals surface area contributed by atoms with E-state index in [9.17, 15) is 19.5 Å². The van der Waals surface area contributed by atoms with Crippen LogP contribution in [-0.2, 0) is 11.3 Å². The zero-order valence-electron chi connectivity index (χ0n) is 13.2. The SMILES string of the molecule is CCOC(=O)c1cn(CC[C@@H]2CN(C(=O)O)CCN2C(=O)O)nn1. The Morgan fingerprint density at radius 3 is 2.67 bits per heavy atom. The first kappa shape index (κ1) is 17.5. The number of aryl methyl sites for hydroxylation is 1. The lowest BCUT2D eigenvalue weighted by atomic mass is 10.1. The predicted molar refractivity (Wildman–Crippen MR) is 78.7 cm³/mol. The molecule has 0 spiro atoms. The van der Waals surface area contributed by atoms with Gasteiger partial charge in [-0.25, -0.2) is 14.4 Å². The lowest BCUT2D eigenvalue weighted by Gasteiger charge is -2.38. The predicted octanol–water partition coefficient (Wildman–Crippen LogP) is 0.187. The molecule has 0 radical (unpaired) electrons. The summed E-state index contributed by atoms with van der Waals surface area (Å²) in [6, 6.07) is -0.484. The molecule has 0 unspecified atom stereocenters. The van der Waals surface area contributed by atoms with E-state index in [0.29, 0.717) is 13.0 Å². The molecule has 2 heterocycles. The molecule has 1 aliphatic rings. The molecule has 0 saturated carbocycles. The van der Waals surface area contributed by atoms with E-state index in [2.05, 4.69) is 10.3 Å². The Kier molecular flexibility index (Phi) is 5.55. The normalized spacial score (nSPS) is 17.6. The van der Waals surface area contributed by atoms with Crippen molar-refractivity contribution in [1.82, 2.24) is 24.8 Å². The van der Waals surface area contributed by atoms with Crippen LogP contribution in [0.1, 0.15) is 23.8 Å². The minimum Gasteiger partial charge on any atom is -0.465 e. The molecule has 1 saturated heterocycles. The number of hydrogen-bond acceptors (Lipinski definition) is 6. The molecule has 0 aromatic carbocycles. The van der Waals surface area contributed by atoms with Crippen LogP contribution in [0.4, 0.5) is 9.59 Å². The number of nitrogens with zero attached hydrogens (tertiary/aromatic N) is 5. The van der Waals surface area contributed by atoms with Crippen LogP contribution < -0.4 is 0 Å². The Hall–Kier alpha value is -2.85. The van der Waals surface area contributed by atoms with E-state index in [0.717, 1.165) is 0 Å². The fourth-order valence-electron chi connectivity index (χ4n) is 2.52. The minimum atomic E-state index is -1.09. The number of ether oxygens (including phenoxy) is 1. The number of rotatable bonds is 5. The van der Waals surface area contributed by atoms with Crippen LogP contribution >= 0.6 is 0 Å². The molecule has 0 bridgehead atoms. The minimum absolute atomic E-state index is 0.0720. The average molecular weight is 341 g/mol. The highest BCUT2D eigenvalue weighted by molar-refractivity contribution is 5.86. The zero-order chi connectivity index (χ0) is 17.7. The molecule has 11 heteroatoms. The fourth-order valence-corrected chi connectivity index (χ4v) is 2.52. The molecule has 2 rings (SSSR count). The third-order valence-corrected chi connectivity index (χ3v) is 3.71. The van der Waals surface area contributed by atoms with E-state index in [1.54, 1.807) is 6.92 Å². The number of amides is 2. The number of carbonyl (C=O) groups is 3. The summed E-state index contributed by atoms with van der Waals surface area (Å²) < 4.78 is 6.22. The van der Waals surface area contributed by atoms with Gasteiger partial charge in [0, 0.05) is 26.2 Å². The van der Waals surface area contributed by atoms with Gasteiger partial charge in [0.2, 0.25) is 0 Å². The topological polar surface area (TPSA) is 138 Å². The molecule has 1 atom stereocenters. The summed E-state index contributed by atoms with van der Waals surface area (Å²) in [7, 11) is 0. The quantitative estimate of drug-likeness (QED) is 0.724. The van der Waals surface area contributed by atoms with Crippen LogP contribution in [0.15, 0.2) is 6.20 Å². The first-order valence-electron chi connectivity index (χ1n) is 7.47. The van der Waals surface area contributed by atoms with Gasteiger partial charge >= 0.3 is 18.2 Å². The third-order valence-electron chi connectivity index (χ3n) is 3.71. The Morgan fingerprint density at radius 1 is 1.29 bits per heavy atom. The Balaban J connectivity index is 1.98. The van der Waals surface area contributed by atoms with Crippen molar-refractivity contribution in [3.8, 4) is 0 Å². The van der Waals surface area contributed by atoms with Crippen LogP contribution in [0.5, 0.6) is 0 Å². The van der Waals surface area contributed by atoms with Crippen molar-refractivity contribution in [2.24, 2.45) is 0 Å². The average Bonchev–Trinajstić information content (AvgIpc) is 3.01. The highest BCUT2D eigenvalue weighted by Crippen LogP contribution is 2.14. The summed E-state index contributed by atoms with van der Waals surface area (Å²) in [5.74, 6) is -0.578. The van der Waals surface area contributed by atoms with E-state index in [1.165, 1.54) is 20.7 Å². The van der Waals surface area contributed by atoms with Crippen molar-refractivity contribution in [1.29, 1.82) is 0 Å². The van der Waals surface area contributed by atoms with Crippen LogP contribution in [-0.4, -0.2) is 85.4 Å². The van der Waals surface area contributed by atoms with E-state index in [1.807, 2.05) is 0 Å². The number of piperazine rings is 1. The number of hydrogen-bond donors (Lipinski definition) is 2. The van der Waals surface area contributed by atoms with Crippen molar-refractivity contribution < 1.29 is 29.3 Å². The molecule has 11 nitrogen and oxygen atoms in total. The van der Waals surface area contributed by atoms with Gasteiger partial charge in [-0.2, -0.15) is 0 Å². The summed E-state index contributed by atoms with van der Waals surface area (Å²) in [5.41, 5.74) is 0.0720. The molecule has 2 N–H and O–H groups in total. The first-order valence-corrected chi connectivity index (χ1v) is 7.47. The smallest absolute Gasteiger partial charge is 0.407 e. The molecule has 2 amide bonds. The summed E-state index contributed by atoms with van der Waals surface area (Å²) in [6.45, 7) is 2.58. The monoisotopic (exact) mass is 341 g/mol. The highest BCUT2D eigenvalue weighted by atomic mass is 16.5. The summed E-state index contributed by atoms with van der Waals surface area (Å²) in [6.07, 6.45) is -0.394. The standard InChI is InChI=1S/C13H19N5O6/c1-2-24-11(19)10-8-17(15-14-10)4-3-9-7-16(12(20)21)5-6-18(9)13(22)23/h8-9H,2-7H2,1H3,(H,20,21)(H,22,23)/t9-/m1/s1. The summed E-state index contributed by atoms with van der Waals surface area (Å²) in [4.78, 5) is 36.3. The lowest BCUT2D eigenvalue weighted by molar-refractivity contribution is 0.0519. The van der Waals surface area contributed by atoms with Gasteiger partial charge in [0.1, 0.15) is 0 Å². The second-order valence-corrected chi connectivity index (χ2v) is 5.23. The van der Waals surface area contributed by atoms with Crippen molar-refractivity contribution in [3.05, 3.63) is 11.9 Å². The van der Waals surface area contributed by atoms with Crippen molar-refractivity contribution in [2.75, 3.05) is 26.2 Å². The second-order valence-electron chi connectivity index (χ2n) is 5.23. The van der Waals surface area contributed by atoms with E-state index in [-0.39, 0.29) is 31.9 Å². The van der Waals surface area contributed by atoms with Crippen LogP contribution in [0, 0.1) is 0 Å². The molecule has 1 aliphatic heterocycles. The Labute approximate surface area is 137 Å². The van der Waals surface area contributed by atoms with E-state index >= 15 is 0 Å². The maximum atomic E-state index is 11.5. The molecule has 1 fully saturated rings. The Bertz CT molecular complexity index is 618. The van der Waals surface area contributed by atoms with E-state index in [4.69, 9.17) is 9.84 Å². The number of aromatic nitrogens is 3. The van der Waals surface area contributed by atoms with Gasteiger partial charge in [0.15, 0.2) is 5.69 Å². The number of carbonyl (C=O) groups excluding carboxylic acids is 1. The van der Waals surface area contributed by atoms with Gasteiger partial charge in [-0.3, -0.25) is 4.68 Å². The van der Waals surface area contributed by atoms with E-state index < -0.39 is 24.2 Å². The van der Waals surface area contributed by atoms with Gasteiger partial charge in [-0.05, 0) is 13.3 Å². The summed E-state index contributed by atoms with van der Waals surface area (Å²) in [5, 5.41) is 25.8. The maximum absolute atomic E-state index is 11.5. The van der Waals surface area contributed by atoms with Gasteiger partial charge < -0.3 is 24.7 Å².